The first-order valence-electron chi connectivity index (χ1n) is 7.26. The zero-order valence-electron chi connectivity index (χ0n) is 14.3. The summed E-state index contributed by atoms with van der Waals surface area (Å²) < 4.78 is 33.0. The number of aldehydes is 1. The van der Waals surface area contributed by atoms with Crippen LogP contribution >= 0.6 is 0 Å². The van der Waals surface area contributed by atoms with Gasteiger partial charge in [-0.2, -0.15) is 8.42 Å². The Morgan fingerprint density at radius 1 is 1.24 bits per heavy atom. The molecule has 0 aliphatic rings. The molecule has 0 spiro atoms. The number of carbonyl (C=O) groups is 1. The molecule has 0 aromatic heterocycles. The molecule has 0 radical (unpaired) electrons. The summed E-state index contributed by atoms with van der Waals surface area (Å²) in [5.74, 6) is 0.0612. The number of carbonyl (C=O) groups excluding carboxylic acids is 1. The van der Waals surface area contributed by atoms with E-state index in [1.165, 1.54) is 0 Å². The van der Waals surface area contributed by atoms with Crippen molar-refractivity contribution in [3.63, 3.8) is 0 Å². The van der Waals surface area contributed by atoms with Gasteiger partial charge in [-0.25, -0.2) is 0 Å². The van der Waals surface area contributed by atoms with E-state index < -0.39 is 18.4 Å². The molecule has 0 rings (SSSR count). The van der Waals surface area contributed by atoms with Gasteiger partial charge in [0.25, 0.3) is 10.1 Å². The molecule has 5 nitrogen and oxygen atoms in total. The third-order valence-corrected chi connectivity index (χ3v) is 9.19. The molecule has 0 aliphatic heterocycles. The molecule has 126 valence electrons. The van der Waals surface area contributed by atoms with E-state index in [1.54, 1.807) is 0 Å². The van der Waals surface area contributed by atoms with Crippen molar-refractivity contribution in [2.45, 2.75) is 64.8 Å². The Balaban J connectivity index is 4.71. The minimum atomic E-state index is -3.42. The van der Waals surface area contributed by atoms with Gasteiger partial charge < -0.3 is 9.22 Å². The second-order valence-electron chi connectivity index (χ2n) is 7.11. The van der Waals surface area contributed by atoms with Crippen LogP contribution in [0.3, 0.4) is 0 Å². The third kappa shape index (κ3) is 8.09. The highest BCUT2D eigenvalue weighted by molar-refractivity contribution is 7.85. The Hall–Kier alpha value is -0.243. The molecule has 0 aliphatic carbocycles. The highest BCUT2D eigenvalue weighted by Gasteiger charge is 2.40. The Morgan fingerprint density at radius 2 is 1.76 bits per heavy atom. The normalized spacial score (nSPS) is 16.5. The largest absolute Gasteiger partial charge is 0.413 e. The summed E-state index contributed by atoms with van der Waals surface area (Å²) in [7, 11) is -5.38. The molecule has 0 heterocycles. The van der Waals surface area contributed by atoms with E-state index in [0.717, 1.165) is 12.5 Å². The van der Waals surface area contributed by atoms with E-state index in [-0.39, 0.29) is 23.7 Å². The predicted molar refractivity (Wildman–Crippen MR) is 87.3 cm³/mol. The van der Waals surface area contributed by atoms with Gasteiger partial charge >= 0.3 is 0 Å². The van der Waals surface area contributed by atoms with Crippen LogP contribution in [0.1, 0.15) is 40.5 Å². The molecule has 2 atom stereocenters. The number of hydrogen-bond donors (Lipinski definition) is 0. The maximum absolute atomic E-state index is 11.0. The molecule has 0 aromatic rings. The number of rotatable bonds is 9. The summed E-state index contributed by atoms with van der Waals surface area (Å²) in [6, 6.07) is 0. The minimum Gasteiger partial charge on any atom is -0.413 e. The Bertz CT molecular complexity index is 425. The minimum absolute atomic E-state index is 0.0612. The quantitative estimate of drug-likeness (QED) is 0.367. The molecule has 0 amide bonds. The zero-order valence-corrected chi connectivity index (χ0v) is 16.1. The van der Waals surface area contributed by atoms with Crippen LogP contribution in [0, 0.1) is 5.92 Å². The van der Waals surface area contributed by atoms with Crippen molar-refractivity contribution >= 4 is 24.7 Å². The average molecular weight is 339 g/mol. The van der Waals surface area contributed by atoms with Crippen LogP contribution in [0.15, 0.2) is 0 Å². The van der Waals surface area contributed by atoms with Crippen LogP contribution in [-0.4, -0.2) is 42.0 Å². The first-order valence-corrected chi connectivity index (χ1v) is 12.0. The third-order valence-electron chi connectivity index (χ3n) is 4.09. The van der Waals surface area contributed by atoms with Crippen molar-refractivity contribution in [2.24, 2.45) is 5.92 Å². The molecule has 0 aromatic carbocycles. The highest BCUT2D eigenvalue weighted by atomic mass is 32.2. The smallest absolute Gasteiger partial charge is 0.264 e. The van der Waals surface area contributed by atoms with Gasteiger partial charge in [0.2, 0.25) is 0 Å². The summed E-state index contributed by atoms with van der Waals surface area (Å²) in [5.41, 5.74) is 0. The van der Waals surface area contributed by atoms with Gasteiger partial charge in [-0.05, 0) is 30.5 Å². The van der Waals surface area contributed by atoms with Gasteiger partial charge in [0.05, 0.1) is 19.0 Å². The van der Waals surface area contributed by atoms with Gasteiger partial charge in [-0.15, -0.1) is 0 Å². The predicted octanol–water partition coefficient (Wildman–Crippen LogP) is 2.97. The second kappa shape index (κ2) is 7.85. The lowest BCUT2D eigenvalue weighted by molar-refractivity contribution is -0.109. The highest BCUT2D eigenvalue weighted by Crippen LogP contribution is 2.38. The fraction of sp³-hybridized carbons (Fsp3) is 0.929. The maximum Gasteiger partial charge on any atom is 0.264 e. The zero-order chi connectivity index (χ0) is 16.9. The SMILES string of the molecule is CC(CCOS(C)(=O)=O)C(CC=O)O[Si](C)(C)C(C)(C)C. The van der Waals surface area contributed by atoms with E-state index >= 15 is 0 Å². The van der Waals surface area contributed by atoms with Crippen LogP contribution in [0.25, 0.3) is 0 Å². The lowest BCUT2D eigenvalue weighted by atomic mass is 9.99. The fourth-order valence-corrected chi connectivity index (χ4v) is 3.46. The summed E-state index contributed by atoms with van der Waals surface area (Å²) in [5, 5.41) is 0.0666. The summed E-state index contributed by atoms with van der Waals surface area (Å²) >= 11 is 0. The van der Waals surface area contributed by atoms with Crippen LogP contribution in [0.2, 0.25) is 18.1 Å². The molecule has 0 saturated heterocycles. The first-order chi connectivity index (χ1) is 9.30. The monoisotopic (exact) mass is 338 g/mol. The Morgan fingerprint density at radius 3 is 2.14 bits per heavy atom. The van der Waals surface area contributed by atoms with Crippen molar-refractivity contribution in [2.75, 3.05) is 12.9 Å². The van der Waals surface area contributed by atoms with Crippen molar-refractivity contribution in [3.8, 4) is 0 Å². The number of hydrogen-bond acceptors (Lipinski definition) is 5. The molecule has 21 heavy (non-hydrogen) atoms. The van der Waals surface area contributed by atoms with Gasteiger partial charge in [0, 0.05) is 6.42 Å². The Labute approximate surface area is 130 Å². The molecule has 0 N–H and O–H groups in total. The van der Waals surface area contributed by atoms with E-state index in [4.69, 9.17) is 8.61 Å². The topological polar surface area (TPSA) is 69.7 Å². The maximum atomic E-state index is 11.0. The molecule has 0 fully saturated rings. The van der Waals surface area contributed by atoms with Crippen molar-refractivity contribution in [1.82, 2.24) is 0 Å². The summed E-state index contributed by atoms with van der Waals surface area (Å²) in [6.45, 7) is 12.8. The fourth-order valence-electron chi connectivity index (χ4n) is 1.62. The molecular weight excluding hydrogens is 308 g/mol. The van der Waals surface area contributed by atoms with Gasteiger partial charge in [-0.3, -0.25) is 4.18 Å². The first kappa shape index (κ1) is 20.8. The van der Waals surface area contributed by atoms with Crippen molar-refractivity contribution in [3.05, 3.63) is 0 Å². The molecular formula is C14H30O5SSi. The van der Waals surface area contributed by atoms with Crippen LogP contribution < -0.4 is 0 Å². The Kier molecular flexibility index (Phi) is 7.76. The second-order valence-corrected chi connectivity index (χ2v) is 13.5. The van der Waals surface area contributed by atoms with Gasteiger partial charge in [0.15, 0.2) is 8.32 Å². The summed E-state index contributed by atoms with van der Waals surface area (Å²) in [6.07, 6.45) is 2.58. The molecule has 0 saturated carbocycles. The lowest BCUT2D eigenvalue weighted by Crippen LogP contribution is -2.45. The lowest BCUT2D eigenvalue weighted by Gasteiger charge is -2.40. The van der Waals surface area contributed by atoms with Gasteiger partial charge in [0.1, 0.15) is 6.29 Å². The van der Waals surface area contributed by atoms with Crippen LogP contribution in [0.4, 0.5) is 0 Å². The van der Waals surface area contributed by atoms with Crippen molar-refractivity contribution < 1.29 is 21.8 Å². The van der Waals surface area contributed by atoms with E-state index in [9.17, 15) is 13.2 Å². The molecule has 0 bridgehead atoms. The van der Waals surface area contributed by atoms with Crippen LogP contribution in [-0.2, 0) is 23.5 Å². The average Bonchev–Trinajstić information content (AvgIpc) is 2.24. The van der Waals surface area contributed by atoms with Crippen molar-refractivity contribution in [1.29, 1.82) is 0 Å². The van der Waals surface area contributed by atoms with E-state index in [0.29, 0.717) is 12.8 Å². The van der Waals surface area contributed by atoms with E-state index in [2.05, 4.69) is 33.9 Å². The van der Waals surface area contributed by atoms with Crippen LogP contribution in [0.5, 0.6) is 0 Å². The standard InChI is InChI=1S/C14H30O5SSi/c1-12(9-11-18-20(5,16)17)13(8-10-15)19-21(6,7)14(2,3)4/h10,12-13H,8-9,11H2,1-7H3. The molecule has 7 heteroatoms. The van der Waals surface area contributed by atoms with Gasteiger partial charge in [-0.1, -0.05) is 27.7 Å². The summed E-state index contributed by atoms with van der Waals surface area (Å²) in [4.78, 5) is 10.9. The molecule has 2 unspecified atom stereocenters. The van der Waals surface area contributed by atoms with E-state index in [1.807, 2.05) is 6.92 Å².